The number of benzene rings is 2. The van der Waals surface area contributed by atoms with Gasteiger partial charge in [-0.3, -0.25) is 15.0 Å². The summed E-state index contributed by atoms with van der Waals surface area (Å²) in [7, 11) is 0. The summed E-state index contributed by atoms with van der Waals surface area (Å²) in [4.78, 5) is 16.6. The van der Waals surface area contributed by atoms with Gasteiger partial charge < -0.3 is 5.32 Å². The molecule has 5 nitrogen and oxygen atoms in total. The molecule has 3 N–H and O–H groups in total. The number of rotatable bonds is 4. The van der Waals surface area contributed by atoms with Crippen molar-refractivity contribution in [2.75, 3.05) is 0 Å². The van der Waals surface area contributed by atoms with Crippen LogP contribution in [0.1, 0.15) is 27.3 Å². The molecule has 0 saturated heterocycles. The van der Waals surface area contributed by atoms with E-state index in [1.165, 1.54) is 12.1 Å². The van der Waals surface area contributed by atoms with Gasteiger partial charge in [0.25, 0.3) is 5.91 Å². The highest BCUT2D eigenvalue weighted by atomic mass is 32.1. The van der Waals surface area contributed by atoms with Crippen LogP contribution >= 0.6 is 12.2 Å². The van der Waals surface area contributed by atoms with Crippen molar-refractivity contribution in [3.05, 3.63) is 81.6 Å². The molecule has 0 saturated carbocycles. The highest BCUT2D eigenvalue weighted by Crippen LogP contribution is 2.18. The third kappa shape index (κ3) is 4.07. The number of carbonyl (C=O) groups is 1. The Bertz CT molecular complexity index is 989. The number of nitrogens with one attached hydrogen (secondary N) is 3. The van der Waals surface area contributed by atoms with Crippen molar-refractivity contribution in [2.24, 2.45) is 0 Å². The highest BCUT2D eigenvalue weighted by molar-refractivity contribution is 7.71. The number of aryl methyl sites for hydroxylation is 1. The van der Waals surface area contributed by atoms with Gasteiger partial charge in [-0.15, -0.1) is 0 Å². The minimum absolute atomic E-state index is 0.255. The van der Waals surface area contributed by atoms with Gasteiger partial charge in [-0.1, -0.05) is 29.8 Å². The SMILES string of the molecule is Cc1ccc(C(=O)N/C(=C/c2nc(=S)[nH][nH]2)c2ccccc2F)cc1. The van der Waals surface area contributed by atoms with Crippen molar-refractivity contribution in [1.29, 1.82) is 0 Å². The summed E-state index contributed by atoms with van der Waals surface area (Å²) in [6.45, 7) is 1.94. The summed E-state index contributed by atoms with van der Waals surface area (Å²) < 4.78 is 14.5. The van der Waals surface area contributed by atoms with E-state index in [2.05, 4.69) is 20.5 Å². The standard InChI is InChI=1S/C18H15FN4OS/c1-11-6-8-12(9-7-11)17(24)20-15(10-16-21-18(25)23-22-16)13-4-2-3-5-14(13)19/h2-10H,1H3,(H,20,24)(H2,21,22,23,25)/b15-10+. The molecule has 126 valence electrons. The summed E-state index contributed by atoms with van der Waals surface area (Å²) in [5.74, 6) is -0.414. The molecule has 0 unspecified atom stereocenters. The zero-order valence-electron chi connectivity index (χ0n) is 13.3. The first-order chi connectivity index (χ1) is 12.0. The van der Waals surface area contributed by atoms with Gasteiger partial charge in [0, 0.05) is 17.2 Å². The summed E-state index contributed by atoms with van der Waals surface area (Å²) >= 11 is 4.92. The minimum atomic E-state index is -0.452. The molecule has 0 radical (unpaired) electrons. The van der Waals surface area contributed by atoms with Gasteiger partial charge in [-0.05, 0) is 43.4 Å². The van der Waals surface area contributed by atoms with Crippen LogP contribution in [0.3, 0.4) is 0 Å². The quantitative estimate of drug-likeness (QED) is 0.623. The van der Waals surface area contributed by atoms with Gasteiger partial charge in [0.05, 0.1) is 5.70 Å². The van der Waals surface area contributed by atoms with Crippen LogP contribution in [0.5, 0.6) is 0 Å². The molecule has 3 aromatic rings. The molecule has 1 amide bonds. The van der Waals surface area contributed by atoms with E-state index in [0.717, 1.165) is 5.56 Å². The molecular weight excluding hydrogens is 339 g/mol. The van der Waals surface area contributed by atoms with Crippen molar-refractivity contribution >= 4 is 29.9 Å². The lowest BCUT2D eigenvalue weighted by Crippen LogP contribution is -2.22. The van der Waals surface area contributed by atoms with Crippen molar-refractivity contribution in [2.45, 2.75) is 6.92 Å². The van der Waals surface area contributed by atoms with Crippen molar-refractivity contribution in [3.8, 4) is 0 Å². The van der Waals surface area contributed by atoms with Crippen LogP contribution in [0.25, 0.3) is 11.8 Å². The van der Waals surface area contributed by atoms with Crippen LogP contribution in [0.15, 0.2) is 48.5 Å². The van der Waals surface area contributed by atoms with Crippen LogP contribution in [0, 0.1) is 17.5 Å². The van der Waals surface area contributed by atoms with E-state index < -0.39 is 5.82 Å². The predicted molar refractivity (Wildman–Crippen MR) is 96.7 cm³/mol. The number of hydrogen-bond donors (Lipinski definition) is 3. The van der Waals surface area contributed by atoms with E-state index in [0.29, 0.717) is 11.4 Å². The molecular formula is C18H15FN4OS. The fourth-order valence-electron chi connectivity index (χ4n) is 2.25. The maximum absolute atomic E-state index is 14.2. The van der Waals surface area contributed by atoms with Crippen molar-refractivity contribution in [3.63, 3.8) is 0 Å². The predicted octanol–water partition coefficient (Wildman–Crippen LogP) is 3.84. The largest absolute Gasteiger partial charge is 0.321 e. The van der Waals surface area contributed by atoms with E-state index in [1.807, 2.05) is 19.1 Å². The Morgan fingerprint density at radius 3 is 2.52 bits per heavy atom. The third-order valence-corrected chi connectivity index (χ3v) is 3.72. The normalized spacial score (nSPS) is 11.4. The van der Waals surface area contributed by atoms with E-state index in [-0.39, 0.29) is 21.9 Å². The fourth-order valence-corrected chi connectivity index (χ4v) is 2.40. The Kier molecular flexibility index (Phi) is 4.85. The van der Waals surface area contributed by atoms with Crippen LogP contribution in [-0.4, -0.2) is 21.1 Å². The van der Waals surface area contributed by atoms with Gasteiger partial charge in [-0.2, -0.15) is 0 Å². The van der Waals surface area contributed by atoms with Crippen LogP contribution < -0.4 is 5.32 Å². The van der Waals surface area contributed by atoms with Crippen molar-refractivity contribution in [1.82, 2.24) is 20.5 Å². The summed E-state index contributed by atoms with van der Waals surface area (Å²) in [6.07, 6.45) is 1.52. The number of nitrogens with zero attached hydrogens (tertiary/aromatic N) is 1. The molecule has 2 aromatic carbocycles. The average molecular weight is 354 g/mol. The van der Waals surface area contributed by atoms with E-state index >= 15 is 0 Å². The topological polar surface area (TPSA) is 73.6 Å². The van der Waals surface area contributed by atoms with Gasteiger partial charge >= 0.3 is 0 Å². The van der Waals surface area contributed by atoms with Gasteiger partial charge in [0.1, 0.15) is 11.6 Å². The van der Waals surface area contributed by atoms with Crippen LogP contribution in [0.2, 0.25) is 0 Å². The number of hydrogen-bond acceptors (Lipinski definition) is 3. The molecule has 0 atom stereocenters. The van der Waals surface area contributed by atoms with Crippen LogP contribution in [0.4, 0.5) is 4.39 Å². The molecule has 0 aliphatic heterocycles. The minimum Gasteiger partial charge on any atom is -0.321 e. The summed E-state index contributed by atoms with van der Waals surface area (Å²) in [5.41, 5.74) is 2.06. The smallest absolute Gasteiger partial charge is 0.255 e. The lowest BCUT2D eigenvalue weighted by Gasteiger charge is -2.11. The van der Waals surface area contributed by atoms with Crippen LogP contribution in [-0.2, 0) is 0 Å². The van der Waals surface area contributed by atoms with Gasteiger partial charge in [-0.25, -0.2) is 9.37 Å². The van der Waals surface area contributed by atoms with E-state index in [9.17, 15) is 9.18 Å². The molecule has 1 aromatic heterocycles. The first-order valence-electron chi connectivity index (χ1n) is 7.52. The zero-order chi connectivity index (χ0) is 17.8. The molecule has 3 rings (SSSR count). The molecule has 1 heterocycles. The first-order valence-corrected chi connectivity index (χ1v) is 7.93. The lowest BCUT2D eigenvalue weighted by atomic mass is 10.1. The Hall–Kier alpha value is -3.06. The molecule has 0 aliphatic rings. The van der Waals surface area contributed by atoms with E-state index in [1.54, 1.807) is 30.3 Å². The highest BCUT2D eigenvalue weighted by Gasteiger charge is 2.13. The fraction of sp³-hybridized carbons (Fsp3) is 0.0556. The molecule has 0 fully saturated rings. The first kappa shape index (κ1) is 16.8. The van der Waals surface area contributed by atoms with Crippen molar-refractivity contribution < 1.29 is 9.18 Å². The Morgan fingerprint density at radius 2 is 1.88 bits per heavy atom. The van der Waals surface area contributed by atoms with Gasteiger partial charge in [0.2, 0.25) is 4.77 Å². The third-order valence-electron chi connectivity index (χ3n) is 3.53. The lowest BCUT2D eigenvalue weighted by molar-refractivity contribution is 0.0974. The second-order valence-electron chi connectivity index (χ2n) is 5.41. The number of aromatic amines is 2. The molecule has 0 bridgehead atoms. The van der Waals surface area contributed by atoms with E-state index in [4.69, 9.17) is 12.2 Å². The maximum Gasteiger partial charge on any atom is 0.255 e. The molecule has 25 heavy (non-hydrogen) atoms. The summed E-state index contributed by atoms with van der Waals surface area (Å²) in [5, 5.41) is 8.16. The Balaban J connectivity index is 1.98. The summed E-state index contributed by atoms with van der Waals surface area (Å²) in [6, 6.07) is 13.3. The zero-order valence-corrected chi connectivity index (χ0v) is 14.2. The Morgan fingerprint density at radius 1 is 1.16 bits per heavy atom. The number of carbonyl (C=O) groups excluding carboxylic acids is 1. The average Bonchev–Trinajstić information content (AvgIpc) is 3.00. The maximum atomic E-state index is 14.2. The molecule has 0 aliphatic carbocycles. The second kappa shape index (κ2) is 7.23. The van der Waals surface area contributed by atoms with Gasteiger partial charge in [0.15, 0.2) is 0 Å². The Labute approximate surface area is 148 Å². The molecule has 0 spiro atoms. The number of aromatic nitrogens is 3. The number of H-pyrrole nitrogens is 2. The monoisotopic (exact) mass is 354 g/mol. The number of halogens is 1. The second-order valence-corrected chi connectivity index (χ2v) is 5.80. The molecule has 7 heteroatoms. The number of amides is 1.